The number of hydrogen-bond donors (Lipinski definition) is 2. The molecule has 0 aliphatic heterocycles. The van der Waals surface area contributed by atoms with Crippen LogP contribution in [0.4, 0.5) is 5.69 Å². The normalized spacial score (nSPS) is 10.9. The highest BCUT2D eigenvalue weighted by Gasteiger charge is 2.21. The van der Waals surface area contributed by atoms with Crippen LogP contribution in [0.3, 0.4) is 0 Å². The van der Waals surface area contributed by atoms with Crippen LogP contribution in [-0.4, -0.2) is 31.6 Å². The number of thiazole rings is 1. The van der Waals surface area contributed by atoms with E-state index in [1.54, 1.807) is 24.3 Å². The minimum absolute atomic E-state index is 0.0342. The average Bonchev–Trinajstić information content (AvgIpc) is 3.19. The van der Waals surface area contributed by atoms with Gasteiger partial charge in [0.25, 0.3) is 10.0 Å². The van der Waals surface area contributed by atoms with Crippen molar-refractivity contribution in [1.82, 2.24) is 4.98 Å². The molecule has 0 spiro atoms. The van der Waals surface area contributed by atoms with E-state index in [0.29, 0.717) is 16.1 Å². The lowest BCUT2D eigenvalue weighted by Gasteiger charge is -2.11. The van der Waals surface area contributed by atoms with Gasteiger partial charge in [0, 0.05) is 10.9 Å². The van der Waals surface area contributed by atoms with Crippen molar-refractivity contribution >= 4 is 33.0 Å². The predicted molar refractivity (Wildman–Crippen MR) is 103 cm³/mol. The van der Waals surface area contributed by atoms with E-state index < -0.39 is 16.0 Å². The second-order valence-corrected chi connectivity index (χ2v) is 8.00. The number of carboxylic acid groups (broad SMARTS) is 1. The fourth-order valence-corrected chi connectivity index (χ4v) is 4.50. The number of methoxy groups -OCH3 is 1. The summed E-state index contributed by atoms with van der Waals surface area (Å²) in [6.07, 6.45) is 0. The second-order valence-electron chi connectivity index (χ2n) is 5.51. The van der Waals surface area contributed by atoms with Gasteiger partial charge in [-0.3, -0.25) is 4.72 Å². The Bertz CT molecular complexity index is 1200. The number of rotatable bonds is 6. The van der Waals surface area contributed by atoms with Crippen molar-refractivity contribution in [3.8, 4) is 22.4 Å². The minimum atomic E-state index is -4.03. The molecular formula is C18H13N3O5S2. The highest BCUT2D eigenvalue weighted by atomic mass is 32.2. The monoisotopic (exact) mass is 415 g/mol. The molecule has 0 bridgehead atoms. The molecule has 0 unspecified atom stereocenters. The van der Waals surface area contributed by atoms with Crippen LogP contribution in [0.15, 0.2) is 52.9 Å². The van der Waals surface area contributed by atoms with E-state index in [9.17, 15) is 13.2 Å². The summed E-state index contributed by atoms with van der Waals surface area (Å²) in [4.78, 5) is 15.2. The summed E-state index contributed by atoms with van der Waals surface area (Å²) in [7, 11) is -2.72. The summed E-state index contributed by atoms with van der Waals surface area (Å²) >= 11 is 1.13. The maximum Gasteiger partial charge on any atom is 0.335 e. The van der Waals surface area contributed by atoms with Crippen LogP contribution in [0.25, 0.3) is 10.6 Å². The van der Waals surface area contributed by atoms with Gasteiger partial charge in [0.1, 0.15) is 10.8 Å². The third-order valence-corrected chi connectivity index (χ3v) is 5.98. The van der Waals surface area contributed by atoms with E-state index in [-0.39, 0.29) is 22.0 Å². The fraction of sp³-hybridized carbons (Fsp3) is 0.0556. The van der Waals surface area contributed by atoms with Gasteiger partial charge in [-0.25, -0.2) is 9.78 Å². The maximum atomic E-state index is 12.7. The van der Waals surface area contributed by atoms with Crippen molar-refractivity contribution in [2.45, 2.75) is 5.03 Å². The lowest BCUT2D eigenvalue weighted by atomic mass is 10.1. The number of nitrogens with zero attached hydrogens (tertiary/aromatic N) is 2. The second kappa shape index (κ2) is 7.67. The van der Waals surface area contributed by atoms with E-state index in [2.05, 4.69) is 9.71 Å². The largest absolute Gasteiger partial charge is 0.495 e. The molecule has 28 heavy (non-hydrogen) atoms. The molecule has 0 aliphatic rings. The van der Waals surface area contributed by atoms with Crippen LogP contribution in [-0.2, 0) is 10.0 Å². The fourth-order valence-electron chi connectivity index (χ4n) is 2.34. The van der Waals surface area contributed by atoms with Crippen LogP contribution >= 0.6 is 11.3 Å². The number of nitriles is 1. The highest BCUT2D eigenvalue weighted by Crippen LogP contribution is 2.30. The van der Waals surface area contributed by atoms with Gasteiger partial charge in [-0.05, 0) is 30.3 Å². The Morgan fingerprint density at radius 2 is 2.07 bits per heavy atom. The van der Waals surface area contributed by atoms with Gasteiger partial charge in [0.2, 0.25) is 0 Å². The predicted octanol–water partition coefficient (Wildman–Crippen LogP) is 3.19. The van der Waals surface area contributed by atoms with Crippen LogP contribution in [0.2, 0.25) is 0 Å². The first kappa shape index (κ1) is 19.3. The molecule has 0 fully saturated rings. The van der Waals surface area contributed by atoms with Crippen molar-refractivity contribution in [1.29, 1.82) is 5.26 Å². The number of carbonyl (C=O) groups is 1. The SMILES string of the molecule is COc1cc(C(=O)O)ccc1NS(=O)(=O)c1csc(-c2cccc(C#N)c2)n1. The number of aromatic carboxylic acids is 1. The van der Waals surface area contributed by atoms with Crippen LogP contribution in [0.5, 0.6) is 5.75 Å². The third-order valence-electron chi connectivity index (χ3n) is 3.69. The molecule has 2 N–H and O–H groups in total. The Morgan fingerprint density at radius 1 is 1.29 bits per heavy atom. The zero-order chi connectivity index (χ0) is 20.3. The molecule has 3 aromatic rings. The number of benzene rings is 2. The number of sulfonamides is 1. The summed E-state index contributed by atoms with van der Waals surface area (Å²) in [6, 6.07) is 12.5. The van der Waals surface area contributed by atoms with Gasteiger partial charge in [-0.2, -0.15) is 13.7 Å². The van der Waals surface area contributed by atoms with E-state index in [4.69, 9.17) is 15.1 Å². The Hall–Kier alpha value is -3.42. The molecule has 0 atom stereocenters. The molecule has 0 saturated carbocycles. The van der Waals surface area contributed by atoms with Crippen molar-refractivity contribution in [3.05, 3.63) is 59.0 Å². The Balaban J connectivity index is 1.91. The molecule has 8 nitrogen and oxygen atoms in total. The van der Waals surface area contributed by atoms with Crippen LogP contribution in [0.1, 0.15) is 15.9 Å². The molecule has 3 rings (SSSR count). The number of hydrogen-bond acceptors (Lipinski definition) is 7. The van der Waals surface area contributed by atoms with E-state index in [1.807, 2.05) is 6.07 Å². The van der Waals surface area contributed by atoms with Crippen LogP contribution < -0.4 is 9.46 Å². The molecule has 2 aromatic carbocycles. The minimum Gasteiger partial charge on any atom is -0.495 e. The van der Waals surface area contributed by atoms with Crippen LogP contribution in [0, 0.1) is 11.3 Å². The summed E-state index contributed by atoms with van der Waals surface area (Å²) in [5.41, 5.74) is 1.13. The first-order valence-corrected chi connectivity index (χ1v) is 10.1. The van der Waals surface area contributed by atoms with E-state index in [1.165, 1.54) is 30.7 Å². The molecule has 142 valence electrons. The number of carboxylic acids is 1. The molecule has 0 saturated heterocycles. The first-order valence-electron chi connectivity index (χ1n) is 7.74. The molecule has 0 amide bonds. The molecule has 1 aromatic heterocycles. The number of anilines is 1. The smallest absolute Gasteiger partial charge is 0.335 e. The first-order chi connectivity index (χ1) is 13.3. The van der Waals surface area contributed by atoms with Gasteiger partial charge in [-0.15, -0.1) is 11.3 Å². The topological polar surface area (TPSA) is 129 Å². The summed E-state index contributed by atoms with van der Waals surface area (Å²) < 4.78 is 32.8. The highest BCUT2D eigenvalue weighted by molar-refractivity contribution is 7.92. The summed E-state index contributed by atoms with van der Waals surface area (Å²) in [5, 5.41) is 19.7. The van der Waals surface area contributed by atoms with E-state index in [0.717, 1.165) is 11.3 Å². The van der Waals surface area contributed by atoms with Gasteiger partial charge in [0.15, 0.2) is 5.03 Å². The van der Waals surface area contributed by atoms with Gasteiger partial charge in [0.05, 0.1) is 30.0 Å². The number of ether oxygens (including phenoxy) is 1. The molecular weight excluding hydrogens is 402 g/mol. The Kier molecular flexibility index (Phi) is 5.30. The molecule has 1 heterocycles. The quantitative estimate of drug-likeness (QED) is 0.632. The zero-order valence-electron chi connectivity index (χ0n) is 14.4. The Morgan fingerprint density at radius 3 is 2.75 bits per heavy atom. The Labute approximate surface area is 164 Å². The van der Waals surface area contributed by atoms with Gasteiger partial charge >= 0.3 is 5.97 Å². The number of aromatic nitrogens is 1. The van der Waals surface area contributed by atoms with Crippen molar-refractivity contribution in [2.24, 2.45) is 0 Å². The van der Waals surface area contributed by atoms with Crippen molar-refractivity contribution in [2.75, 3.05) is 11.8 Å². The van der Waals surface area contributed by atoms with Crippen molar-refractivity contribution in [3.63, 3.8) is 0 Å². The molecule has 0 aliphatic carbocycles. The summed E-state index contributed by atoms with van der Waals surface area (Å²) in [5.74, 6) is -1.09. The van der Waals surface area contributed by atoms with E-state index >= 15 is 0 Å². The third kappa shape index (κ3) is 3.95. The molecule has 0 radical (unpaired) electrons. The average molecular weight is 415 g/mol. The van der Waals surface area contributed by atoms with Crippen molar-refractivity contribution < 1.29 is 23.1 Å². The lowest BCUT2D eigenvalue weighted by molar-refractivity contribution is 0.0696. The maximum absolute atomic E-state index is 12.7. The van der Waals surface area contributed by atoms with Gasteiger partial charge < -0.3 is 9.84 Å². The zero-order valence-corrected chi connectivity index (χ0v) is 16.0. The van der Waals surface area contributed by atoms with Gasteiger partial charge in [-0.1, -0.05) is 12.1 Å². The standard InChI is InChI=1S/C18H13N3O5S2/c1-26-15-8-13(18(22)23)5-6-14(15)21-28(24,25)16-10-27-17(20-16)12-4-2-3-11(7-12)9-19/h2-8,10,21H,1H3,(H,22,23). The summed E-state index contributed by atoms with van der Waals surface area (Å²) in [6.45, 7) is 0. The number of nitrogens with one attached hydrogen (secondary N) is 1. The lowest BCUT2D eigenvalue weighted by Crippen LogP contribution is -2.14. The molecule has 10 heteroatoms.